The van der Waals surface area contributed by atoms with Crippen molar-refractivity contribution in [1.82, 2.24) is 4.57 Å². The van der Waals surface area contributed by atoms with Gasteiger partial charge in [-0.2, -0.15) is 0 Å². The fourth-order valence-corrected chi connectivity index (χ4v) is 4.41. The highest BCUT2D eigenvalue weighted by Crippen LogP contribution is 2.35. The number of nitrogens with one attached hydrogen (secondary N) is 2. The van der Waals surface area contributed by atoms with Gasteiger partial charge in [-0.1, -0.05) is 41.9 Å². The predicted molar refractivity (Wildman–Crippen MR) is 164 cm³/mol. The molecule has 0 amide bonds. The second-order valence-corrected chi connectivity index (χ2v) is 9.89. The van der Waals surface area contributed by atoms with Crippen LogP contribution in [0.15, 0.2) is 83.8 Å². The van der Waals surface area contributed by atoms with Gasteiger partial charge in [0.05, 0.1) is 47.8 Å². The quantitative estimate of drug-likeness (QED) is 0.170. The van der Waals surface area contributed by atoms with Gasteiger partial charge in [0.15, 0.2) is 0 Å². The number of anilines is 4. The minimum atomic E-state index is -0.529. The first-order valence-corrected chi connectivity index (χ1v) is 13.9. The average Bonchev–Trinajstić information content (AvgIpc) is 2.93. The molecule has 0 saturated carbocycles. The van der Waals surface area contributed by atoms with E-state index in [0.717, 1.165) is 11.3 Å². The highest BCUT2D eigenvalue weighted by Gasteiger charge is 2.17. The lowest BCUT2D eigenvalue weighted by Crippen LogP contribution is -2.23. The summed E-state index contributed by atoms with van der Waals surface area (Å²) in [4.78, 5) is 26.0. The molecule has 1 aromatic heterocycles. The molecule has 2 N–H and O–H groups in total. The number of hydrogen-bond donors (Lipinski definition) is 2. The Kier molecular flexibility index (Phi) is 9.92. The Labute approximate surface area is 244 Å². The number of aromatic nitrogens is 1. The van der Waals surface area contributed by atoms with E-state index in [1.807, 2.05) is 75.4 Å². The highest BCUT2D eigenvalue weighted by atomic mass is 35.5. The Morgan fingerprint density at radius 2 is 1.56 bits per heavy atom. The van der Waals surface area contributed by atoms with Crippen molar-refractivity contribution < 1.29 is 19.0 Å². The minimum absolute atomic E-state index is 0.0640. The van der Waals surface area contributed by atoms with Crippen molar-refractivity contribution in [3.8, 4) is 11.5 Å². The second-order valence-electron chi connectivity index (χ2n) is 9.48. The molecule has 3 aromatic carbocycles. The van der Waals surface area contributed by atoms with E-state index in [0.29, 0.717) is 46.7 Å². The SMILES string of the molecule is CCOC(=O)c1cn(Cc2ccccc2)c(=O)cc1Nc1ccc(OC(C)C)c(Nc2ccc(OCC)c(Cl)c2)c1. The molecule has 0 atom stereocenters. The second kappa shape index (κ2) is 13.8. The summed E-state index contributed by atoms with van der Waals surface area (Å²) in [5.41, 5.74) is 3.30. The first kappa shape index (κ1) is 29.6. The molecule has 0 unspecified atom stereocenters. The van der Waals surface area contributed by atoms with Crippen LogP contribution in [0.5, 0.6) is 11.5 Å². The van der Waals surface area contributed by atoms with Crippen molar-refractivity contribution in [2.24, 2.45) is 0 Å². The number of esters is 1. The molecule has 214 valence electrons. The van der Waals surface area contributed by atoms with E-state index in [9.17, 15) is 9.59 Å². The van der Waals surface area contributed by atoms with Crippen LogP contribution < -0.4 is 25.7 Å². The molecule has 0 bridgehead atoms. The fraction of sp³-hybridized carbons (Fsp3) is 0.250. The van der Waals surface area contributed by atoms with Gasteiger partial charge >= 0.3 is 5.97 Å². The van der Waals surface area contributed by atoms with Crippen molar-refractivity contribution in [2.45, 2.75) is 40.3 Å². The molecule has 41 heavy (non-hydrogen) atoms. The zero-order chi connectivity index (χ0) is 29.4. The van der Waals surface area contributed by atoms with Crippen molar-refractivity contribution in [1.29, 1.82) is 0 Å². The Bertz CT molecular complexity index is 1550. The third-order valence-corrected chi connectivity index (χ3v) is 6.24. The highest BCUT2D eigenvalue weighted by molar-refractivity contribution is 6.32. The van der Waals surface area contributed by atoms with Crippen LogP contribution in [0.4, 0.5) is 22.7 Å². The third kappa shape index (κ3) is 7.83. The Hall–Kier alpha value is -4.43. The van der Waals surface area contributed by atoms with E-state index in [1.54, 1.807) is 19.1 Å². The predicted octanol–water partition coefficient (Wildman–Crippen LogP) is 7.40. The molecule has 0 radical (unpaired) electrons. The number of benzene rings is 3. The molecule has 0 aliphatic heterocycles. The van der Waals surface area contributed by atoms with Gasteiger partial charge in [0.25, 0.3) is 5.56 Å². The standard InChI is InChI=1S/C32H34ClN3O5/c1-5-39-29-14-12-23(16-26(29)33)35-28-17-24(13-15-30(28)41-21(3)4)34-27-18-31(37)36(19-22-10-8-7-9-11-22)20-25(27)32(38)40-6-2/h7-18,20-21,34-35H,5-6,19H2,1-4H3. The molecule has 0 saturated heterocycles. The molecular weight excluding hydrogens is 542 g/mol. The summed E-state index contributed by atoms with van der Waals surface area (Å²) in [7, 11) is 0. The van der Waals surface area contributed by atoms with Crippen molar-refractivity contribution >= 4 is 40.3 Å². The molecule has 9 heteroatoms. The van der Waals surface area contributed by atoms with Crippen LogP contribution in [-0.4, -0.2) is 29.9 Å². The smallest absolute Gasteiger partial charge is 0.341 e. The first-order valence-electron chi connectivity index (χ1n) is 13.5. The van der Waals surface area contributed by atoms with Gasteiger partial charge < -0.3 is 29.4 Å². The van der Waals surface area contributed by atoms with E-state index in [2.05, 4.69) is 10.6 Å². The lowest BCUT2D eigenvalue weighted by atomic mass is 10.1. The molecule has 1 heterocycles. The normalized spacial score (nSPS) is 10.8. The molecule has 0 aliphatic carbocycles. The van der Waals surface area contributed by atoms with E-state index in [-0.39, 0.29) is 23.8 Å². The average molecular weight is 576 g/mol. The van der Waals surface area contributed by atoms with Crippen molar-refractivity contribution in [3.63, 3.8) is 0 Å². The maximum absolute atomic E-state index is 13.1. The third-order valence-electron chi connectivity index (χ3n) is 5.95. The zero-order valence-electron chi connectivity index (χ0n) is 23.6. The number of hydrogen-bond acceptors (Lipinski definition) is 7. The summed E-state index contributed by atoms with van der Waals surface area (Å²) in [6.07, 6.45) is 1.47. The van der Waals surface area contributed by atoms with Crippen molar-refractivity contribution in [2.75, 3.05) is 23.8 Å². The maximum atomic E-state index is 13.1. The minimum Gasteiger partial charge on any atom is -0.492 e. The Balaban J connectivity index is 1.69. The molecule has 4 rings (SSSR count). The summed E-state index contributed by atoms with van der Waals surface area (Å²) in [6.45, 7) is 8.57. The van der Waals surface area contributed by atoms with Crippen LogP contribution >= 0.6 is 11.6 Å². The molecule has 8 nitrogen and oxygen atoms in total. The molecule has 0 spiro atoms. The number of carbonyl (C=O) groups excluding carboxylic acids is 1. The van der Waals surface area contributed by atoms with Crippen LogP contribution in [-0.2, 0) is 11.3 Å². The number of ether oxygens (including phenoxy) is 3. The Morgan fingerprint density at radius 3 is 2.22 bits per heavy atom. The number of halogens is 1. The molecule has 4 aromatic rings. The number of rotatable bonds is 12. The molecule has 0 fully saturated rings. The van der Waals surface area contributed by atoms with Gasteiger partial charge in [0, 0.05) is 23.6 Å². The van der Waals surface area contributed by atoms with Crippen LogP contribution in [0, 0.1) is 0 Å². The Morgan fingerprint density at radius 1 is 0.878 bits per heavy atom. The van der Waals surface area contributed by atoms with Gasteiger partial charge in [-0.15, -0.1) is 0 Å². The zero-order valence-corrected chi connectivity index (χ0v) is 24.3. The van der Waals surface area contributed by atoms with E-state index in [1.165, 1.54) is 16.8 Å². The fourth-order valence-electron chi connectivity index (χ4n) is 4.18. The summed E-state index contributed by atoms with van der Waals surface area (Å²) in [6, 6.07) is 21.9. The summed E-state index contributed by atoms with van der Waals surface area (Å²) >= 11 is 6.40. The maximum Gasteiger partial charge on any atom is 0.341 e. The van der Waals surface area contributed by atoms with Crippen LogP contribution in [0.3, 0.4) is 0 Å². The van der Waals surface area contributed by atoms with Crippen LogP contribution in [0.1, 0.15) is 43.6 Å². The van der Waals surface area contributed by atoms with Gasteiger partial charge in [-0.05, 0) is 69.7 Å². The largest absolute Gasteiger partial charge is 0.492 e. The molecular formula is C32H34ClN3O5. The topological polar surface area (TPSA) is 90.8 Å². The van der Waals surface area contributed by atoms with Crippen molar-refractivity contribution in [3.05, 3.63) is 105 Å². The van der Waals surface area contributed by atoms with Gasteiger partial charge in [0.2, 0.25) is 0 Å². The van der Waals surface area contributed by atoms with Gasteiger partial charge in [-0.3, -0.25) is 4.79 Å². The number of pyridine rings is 1. The summed E-state index contributed by atoms with van der Waals surface area (Å²) in [5.74, 6) is 0.695. The van der Waals surface area contributed by atoms with Crippen LogP contribution in [0.2, 0.25) is 5.02 Å². The van der Waals surface area contributed by atoms with E-state index in [4.69, 9.17) is 25.8 Å². The van der Waals surface area contributed by atoms with E-state index >= 15 is 0 Å². The summed E-state index contributed by atoms with van der Waals surface area (Å²) < 4.78 is 18.4. The van der Waals surface area contributed by atoms with E-state index < -0.39 is 5.97 Å². The van der Waals surface area contributed by atoms with Gasteiger partial charge in [0.1, 0.15) is 11.5 Å². The lowest BCUT2D eigenvalue weighted by molar-refractivity contribution is 0.0526. The molecule has 0 aliphatic rings. The van der Waals surface area contributed by atoms with Gasteiger partial charge in [-0.25, -0.2) is 4.79 Å². The van der Waals surface area contributed by atoms with Crippen LogP contribution in [0.25, 0.3) is 0 Å². The number of nitrogens with zero attached hydrogens (tertiary/aromatic N) is 1. The summed E-state index contributed by atoms with van der Waals surface area (Å²) in [5, 5.41) is 7.07. The number of carbonyl (C=O) groups is 1. The lowest BCUT2D eigenvalue weighted by Gasteiger charge is -2.19. The monoisotopic (exact) mass is 575 g/mol. The first-order chi connectivity index (χ1) is 19.8.